The van der Waals surface area contributed by atoms with Gasteiger partial charge < -0.3 is 21.7 Å². The fraction of sp³-hybridized carbons (Fsp3) is 1.00. The molecule has 0 unspecified atom stereocenters. The molecule has 0 fully saturated rings. The number of ether oxygens (including phenoxy) is 1. The van der Waals surface area contributed by atoms with Gasteiger partial charge in [0, 0.05) is 13.2 Å². The summed E-state index contributed by atoms with van der Waals surface area (Å²) in [6.45, 7) is 7.94. The first-order chi connectivity index (χ1) is 7.83. The summed E-state index contributed by atoms with van der Waals surface area (Å²) in [4.78, 5) is 0. The van der Waals surface area contributed by atoms with E-state index in [1.54, 1.807) is 0 Å². The topological polar surface area (TPSA) is 9.23 Å². The number of unbranched alkanes of at least 4 members (excludes halogenated alkanes) is 7. The maximum atomic E-state index is 4.83. The van der Waals surface area contributed by atoms with Gasteiger partial charge >= 0.3 is 84.5 Å². The Morgan fingerprint density at radius 1 is 0.706 bits per heavy atom. The van der Waals surface area contributed by atoms with Gasteiger partial charge in [-0.3, -0.25) is 0 Å². The van der Waals surface area contributed by atoms with Gasteiger partial charge in [0.2, 0.25) is 0 Å². The molecule has 0 saturated heterocycles. The number of rotatable bonds is 10. The minimum absolute atomic E-state index is 0. The summed E-state index contributed by atoms with van der Waals surface area (Å²) in [5.41, 5.74) is 0. The Balaban J connectivity index is -0.000000280. The SMILES string of the molecule is CCCCCCCCC[CH2][Mg+].CCOCC.[Br-]. The van der Waals surface area contributed by atoms with E-state index in [1.807, 2.05) is 13.8 Å². The van der Waals surface area contributed by atoms with Crippen molar-refractivity contribution in [1.82, 2.24) is 0 Å². The van der Waals surface area contributed by atoms with Crippen LogP contribution in [0.25, 0.3) is 0 Å². The minimum Gasteiger partial charge on any atom is -1.00 e. The summed E-state index contributed by atoms with van der Waals surface area (Å²) in [5, 5.41) is 0. The first-order valence-electron chi connectivity index (χ1n) is 7.20. The zero-order valence-corrected chi connectivity index (χ0v) is 15.3. The first-order valence-corrected chi connectivity index (χ1v) is 8.20. The van der Waals surface area contributed by atoms with Gasteiger partial charge in [-0.05, 0) is 13.8 Å². The largest absolute Gasteiger partial charge is 1.00 e. The maximum absolute atomic E-state index is 4.83. The summed E-state index contributed by atoms with van der Waals surface area (Å²) in [6, 6.07) is 0. The molecule has 1 nitrogen and oxygen atoms in total. The molecule has 0 saturated carbocycles. The minimum atomic E-state index is 0. The van der Waals surface area contributed by atoms with E-state index >= 15 is 0 Å². The van der Waals surface area contributed by atoms with Gasteiger partial charge in [0.1, 0.15) is 0 Å². The Labute approximate surface area is 133 Å². The van der Waals surface area contributed by atoms with Crippen LogP contribution >= 0.6 is 0 Å². The Morgan fingerprint density at radius 2 is 1.12 bits per heavy atom. The molecule has 0 atom stereocenters. The number of hydrogen-bond donors (Lipinski definition) is 0. The van der Waals surface area contributed by atoms with Gasteiger partial charge in [-0.15, -0.1) is 0 Å². The predicted octanol–water partition coefficient (Wildman–Crippen LogP) is 1.76. The Hall–Kier alpha value is 1.21. The van der Waals surface area contributed by atoms with Gasteiger partial charge in [0.25, 0.3) is 0 Å². The molecule has 0 aromatic heterocycles. The molecule has 0 radical (unpaired) electrons. The standard InChI is InChI=1S/C10H21.C4H10O.BrH.Mg/c1-3-5-7-9-10-8-6-4-2;1-3-5-4-2;;/h1,3-10H2,2H3;3-4H2,1-2H3;1H;/q;;;+1/p-1. The molecular weight excluding hydrogens is 288 g/mol. The molecule has 17 heavy (non-hydrogen) atoms. The summed E-state index contributed by atoms with van der Waals surface area (Å²) < 4.78 is 6.23. The molecule has 0 spiro atoms. The molecule has 0 aliphatic heterocycles. The average Bonchev–Trinajstić information content (AvgIpc) is 2.30. The fourth-order valence-corrected chi connectivity index (χ4v) is 1.87. The van der Waals surface area contributed by atoms with E-state index in [9.17, 15) is 0 Å². The quantitative estimate of drug-likeness (QED) is 0.440. The third-order valence-electron chi connectivity index (χ3n) is 2.51. The van der Waals surface area contributed by atoms with Crippen molar-refractivity contribution < 1.29 is 21.7 Å². The molecule has 0 heterocycles. The maximum Gasteiger partial charge on any atom is 0.0437 e. The summed E-state index contributed by atoms with van der Waals surface area (Å²) in [5.74, 6) is 0. The molecule has 0 rings (SSSR count). The third kappa shape index (κ3) is 31.7. The van der Waals surface area contributed by atoms with Crippen LogP contribution in [0.3, 0.4) is 0 Å². The van der Waals surface area contributed by atoms with Gasteiger partial charge in [-0.1, -0.05) is 0 Å². The monoisotopic (exact) mass is 318 g/mol. The summed E-state index contributed by atoms with van der Waals surface area (Å²) in [7, 11) is 0. The van der Waals surface area contributed by atoms with Gasteiger partial charge in [-0.25, -0.2) is 0 Å². The zero-order valence-electron chi connectivity index (χ0n) is 12.3. The third-order valence-corrected chi connectivity index (χ3v) is 3.01. The average molecular weight is 320 g/mol. The van der Waals surface area contributed by atoms with Crippen LogP contribution in [0, 0.1) is 0 Å². The van der Waals surface area contributed by atoms with Crippen LogP contribution in [0.15, 0.2) is 0 Å². The van der Waals surface area contributed by atoms with E-state index in [4.69, 9.17) is 4.74 Å². The van der Waals surface area contributed by atoms with E-state index in [1.165, 1.54) is 55.9 Å². The zero-order chi connectivity index (χ0) is 12.5. The Kier molecular flexibility index (Phi) is 35.5. The van der Waals surface area contributed by atoms with Crippen LogP contribution in [0.4, 0.5) is 0 Å². The van der Waals surface area contributed by atoms with Gasteiger partial charge in [0.05, 0.1) is 0 Å². The molecule has 0 aromatic rings. The molecule has 0 aliphatic carbocycles. The van der Waals surface area contributed by atoms with Crippen molar-refractivity contribution in [3.05, 3.63) is 0 Å². The van der Waals surface area contributed by atoms with Gasteiger partial charge in [-0.2, -0.15) is 0 Å². The first kappa shape index (κ1) is 23.3. The molecule has 102 valence electrons. The number of hydrogen-bond acceptors (Lipinski definition) is 1. The molecule has 0 aromatic carbocycles. The van der Waals surface area contributed by atoms with E-state index in [0.717, 1.165) is 13.2 Å². The van der Waals surface area contributed by atoms with E-state index in [-0.39, 0.29) is 17.0 Å². The predicted molar refractivity (Wildman–Crippen MR) is 75.3 cm³/mol. The molecular formula is C14H31BrMgO. The summed E-state index contributed by atoms with van der Waals surface area (Å²) in [6.07, 6.45) is 11.6. The second kappa shape index (κ2) is 25.9. The van der Waals surface area contributed by atoms with Crippen LogP contribution in [-0.4, -0.2) is 34.9 Å². The van der Waals surface area contributed by atoms with Crippen LogP contribution in [0.1, 0.15) is 72.1 Å². The second-order valence-electron chi connectivity index (χ2n) is 4.11. The smallest absolute Gasteiger partial charge is 0.0437 e. The fourth-order valence-electron chi connectivity index (χ4n) is 1.51. The summed E-state index contributed by atoms with van der Waals surface area (Å²) >= 11 is 2.10. The molecule has 0 amide bonds. The van der Waals surface area contributed by atoms with E-state index in [2.05, 4.69) is 28.6 Å². The van der Waals surface area contributed by atoms with Crippen molar-refractivity contribution in [2.24, 2.45) is 0 Å². The van der Waals surface area contributed by atoms with E-state index < -0.39 is 0 Å². The van der Waals surface area contributed by atoms with Crippen LogP contribution in [-0.2, 0) is 4.74 Å². The molecule has 0 N–H and O–H groups in total. The van der Waals surface area contributed by atoms with Gasteiger partial charge in [0.15, 0.2) is 0 Å². The Morgan fingerprint density at radius 3 is 1.41 bits per heavy atom. The van der Waals surface area contributed by atoms with E-state index in [0.29, 0.717) is 0 Å². The normalized spacial score (nSPS) is 9.24. The number of halogens is 1. The molecule has 0 aliphatic rings. The molecule has 3 heteroatoms. The van der Waals surface area contributed by atoms with Crippen molar-refractivity contribution >= 4 is 21.7 Å². The second-order valence-corrected chi connectivity index (χ2v) is 4.82. The van der Waals surface area contributed by atoms with Crippen molar-refractivity contribution in [1.29, 1.82) is 0 Å². The van der Waals surface area contributed by atoms with Crippen molar-refractivity contribution in [3.63, 3.8) is 0 Å². The van der Waals surface area contributed by atoms with Crippen molar-refractivity contribution in [2.45, 2.75) is 76.7 Å². The Bertz CT molecular complexity index is 92.2. The molecule has 0 bridgehead atoms. The van der Waals surface area contributed by atoms with Crippen LogP contribution in [0.5, 0.6) is 0 Å². The van der Waals surface area contributed by atoms with Crippen LogP contribution in [0.2, 0.25) is 4.55 Å². The van der Waals surface area contributed by atoms with Crippen LogP contribution < -0.4 is 17.0 Å². The van der Waals surface area contributed by atoms with Crippen molar-refractivity contribution in [3.8, 4) is 0 Å². The van der Waals surface area contributed by atoms with Crippen molar-refractivity contribution in [2.75, 3.05) is 13.2 Å².